The number of aliphatic hydroxyl groups is 7. The molecule has 3 atom stereocenters. The van der Waals surface area contributed by atoms with Crippen molar-refractivity contribution >= 4 is 291 Å². The van der Waals surface area contributed by atoms with Crippen LogP contribution in [0.3, 0.4) is 0 Å². The van der Waals surface area contributed by atoms with E-state index < -0.39 is 180 Å². The molecule has 93 heavy (non-hydrogen) atoms. The van der Waals surface area contributed by atoms with Crippen LogP contribution < -0.4 is 31.9 Å². The zero-order valence-electron chi connectivity index (χ0n) is 49.4. The van der Waals surface area contributed by atoms with Gasteiger partial charge in [0.15, 0.2) is 19.8 Å². The first-order chi connectivity index (χ1) is 43.4. The number of nitrogens with one attached hydrogen (secondary N) is 6. The number of nitrogens with zero attached hydrogens (tertiary/aromatic N) is 3. The van der Waals surface area contributed by atoms with Gasteiger partial charge in [-0.15, -0.1) is 0 Å². The Morgan fingerprint density at radius 2 is 0.602 bits per heavy atom. The number of hydrogen-bond donors (Lipinski definition) is 13. The average Bonchev–Trinajstić information content (AvgIpc) is 0.781. The van der Waals surface area contributed by atoms with Crippen molar-refractivity contribution in [3.05, 3.63) is 65.5 Å². The van der Waals surface area contributed by atoms with Crippen molar-refractivity contribution in [2.24, 2.45) is 5.41 Å². The van der Waals surface area contributed by atoms with E-state index in [-0.39, 0.29) is 82.6 Å². The highest BCUT2D eigenvalue weighted by Crippen LogP contribution is 2.40. The predicted octanol–water partition coefficient (Wildman–Crippen LogP) is 1.48. The lowest BCUT2D eigenvalue weighted by molar-refractivity contribution is -0.145. The van der Waals surface area contributed by atoms with E-state index in [0.29, 0.717) is 0 Å². The number of ether oxygens (including phenoxy) is 3. The number of esters is 3. The molecule has 3 rings (SSSR count). The Hall–Kier alpha value is -2.41. The second-order valence-electron chi connectivity index (χ2n) is 20.0. The highest BCUT2D eigenvalue weighted by Gasteiger charge is 2.39. The molecule has 0 spiro atoms. The first-order valence-electron chi connectivity index (χ1n) is 26.4. The Kier molecular flexibility index (Phi) is 35.9. The summed E-state index contributed by atoms with van der Waals surface area (Å²) in [6.45, 7) is -5.71. The van der Waals surface area contributed by atoms with E-state index in [4.69, 9.17) is 14.2 Å². The monoisotopic (exact) mass is 2320 g/mol. The molecular formula is C53H60I9N9O22. The van der Waals surface area contributed by atoms with E-state index in [0.717, 1.165) is 35.5 Å². The SMILES string of the molecule is CC(=O)OCC(=O)Nc1c(I)c(C(=O)NCC(CO)(CNC(=O)c2c(I)c(NC(=O)COC(C)=O)c(I)c(C(=O)N(C)CC(O)CO)c2I)CNC(=O)c2c(I)c(NC(=O)COC(C)=O)c(I)c(C(=O)N(C)CC(O)CO)c2I)c(I)c(C(=O)N(C)CC(O)CO)c1I. The van der Waals surface area contributed by atoms with Gasteiger partial charge in [-0.05, 0) is 203 Å². The molecule has 0 aliphatic rings. The number of benzene rings is 3. The van der Waals surface area contributed by atoms with Crippen LogP contribution in [-0.4, -0.2) is 246 Å². The maximum absolute atomic E-state index is 15.0. The summed E-state index contributed by atoms with van der Waals surface area (Å²) in [5.41, 5.74) is -3.62. The van der Waals surface area contributed by atoms with Crippen molar-refractivity contribution < 1.29 is 107 Å². The largest absolute Gasteiger partial charge is 0.456 e. The summed E-state index contributed by atoms with van der Waals surface area (Å²) in [5, 5.41) is 87.1. The van der Waals surface area contributed by atoms with Gasteiger partial charge >= 0.3 is 17.9 Å². The van der Waals surface area contributed by atoms with Gasteiger partial charge in [0, 0.05) is 97.3 Å². The highest BCUT2D eigenvalue weighted by atomic mass is 127. The Balaban J connectivity index is 2.45. The Morgan fingerprint density at radius 1 is 0.387 bits per heavy atom. The van der Waals surface area contributed by atoms with Crippen molar-refractivity contribution in [1.29, 1.82) is 0 Å². The lowest BCUT2D eigenvalue weighted by Gasteiger charge is -2.33. The standard InChI is InChI=1S/C53H60I9N9O22/c1-20(76)91-13-26(82)66-44-38(57)29(35(54)32(41(44)60)50(88)69(4)7-23(79)10-72)47(85)63-16-53(19-75,17-64-48(86)30-36(55)33(51(89)70(5)8-24(80)11-73)42(61)45(39(30)58)67-27(83)14-92-21(2)77)18-65-49(87)31-37(56)34(52(90)71(6)9-25(81)12-74)43(62)46(40(31)59)68-28(84)15-93-22(3)78/h23-25,72-75,79-81H,7-19H2,1-6H3,(H,63,85)(H,64,86)(H,65,87)(H,66,82)(H,67,83)(H,68,84). The van der Waals surface area contributed by atoms with Crippen molar-refractivity contribution in [1.82, 2.24) is 30.7 Å². The summed E-state index contributed by atoms with van der Waals surface area (Å²) < 4.78 is 14.8. The van der Waals surface area contributed by atoms with Crippen LogP contribution in [0.1, 0.15) is 82.9 Å². The normalized spacial score (nSPS) is 12.6. The van der Waals surface area contributed by atoms with Crippen molar-refractivity contribution in [3.8, 4) is 0 Å². The first kappa shape index (κ1) is 84.8. The third-order valence-electron chi connectivity index (χ3n) is 12.6. The number of halogens is 9. The van der Waals surface area contributed by atoms with Gasteiger partial charge in [-0.25, -0.2) is 0 Å². The van der Waals surface area contributed by atoms with Crippen LogP contribution in [0.15, 0.2) is 0 Å². The van der Waals surface area contributed by atoms with Crippen molar-refractivity contribution in [2.75, 3.05) is 123 Å². The molecular weight excluding hydrogens is 2260 g/mol. The van der Waals surface area contributed by atoms with Crippen LogP contribution >= 0.6 is 203 Å². The van der Waals surface area contributed by atoms with Gasteiger partial charge in [0.1, 0.15) is 0 Å². The van der Waals surface area contributed by atoms with E-state index in [2.05, 4.69) is 31.9 Å². The molecule has 31 nitrogen and oxygen atoms in total. The second kappa shape index (κ2) is 39.4. The molecule has 40 heteroatoms. The van der Waals surface area contributed by atoms with Crippen molar-refractivity contribution in [3.63, 3.8) is 0 Å². The van der Waals surface area contributed by atoms with Crippen LogP contribution in [-0.2, 0) is 43.0 Å². The molecule has 0 fully saturated rings. The van der Waals surface area contributed by atoms with Crippen molar-refractivity contribution in [2.45, 2.75) is 39.1 Å². The number of rotatable bonds is 31. The van der Waals surface area contributed by atoms with E-state index in [1.54, 1.807) is 203 Å². The van der Waals surface area contributed by atoms with Gasteiger partial charge in [-0.1, -0.05) is 0 Å². The molecule has 0 heterocycles. The average molecular weight is 2320 g/mol. The fourth-order valence-corrected chi connectivity index (χ4v) is 21.0. The molecule has 0 bridgehead atoms. The summed E-state index contributed by atoms with van der Waals surface area (Å²) in [5.74, 6) is -10.5. The van der Waals surface area contributed by atoms with Gasteiger partial charge in [0.05, 0.1) is 117 Å². The molecule has 512 valence electrons. The molecule has 0 aromatic heterocycles. The topological polar surface area (TPSA) is 456 Å². The third-order valence-corrected chi connectivity index (χ3v) is 22.3. The zero-order chi connectivity index (χ0) is 70.8. The third kappa shape index (κ3) is 23.3. The number of amides is 9. The molecule has 3 aromatic carbocycles. The fourth-order valence-electron chi connectivity index (χ4n) is 7.88. The number of hydrogen-bond acceptors (Lipinski definition) is 22. The molecule has 0 radical (unpaired) electrons. The van der Waals surface area contributed by atoms with Gasteiger partial charge in [-0.3, -0.25) is 57.5 Å². The van der Waals surface area contributed by atoms with Crippen LogP contribution in [0.5, 0.6) is 0 Å². The Morgan fingerprint density at radius 3 is 0.796 bits per heavy atom. The van der Waals surface area contributed by atoms with E-state index in [1.165, 1.54) is 21.1 Å². The van der Waals surface area contributed by atoms with E-state index >= 15 is 14.4 Å². The Bertz CT molecular complexity index is 3100. The van der Waals surface area contributed by atoms with Gasteiger partial charge < -0.3 is 96.6 Å². The predicted molar refractivity (Wildman–Crippen MR) is 406 cm³/mol. The van der Waals surface area contributed by atoms with E-state index in [1.807, 2.05) is 0 Å². The summed E-state index contributed by atoms with van der Waals surface area (Å²) in [6.07, 6.45) is -4.20. The molecule has 0 aliphatic heterocycles. The molecule has 0 aliphatic carbocycles. The molecule has 0 saturated carbocycles. The summed E-state index contributed by atoms with van der Waals surface area (Å²) >= 11 is 15.6. The quantitative estimate of drug-likeness (QED) is 0.0246. The smallest absolute Gasteiger partial charge is 0.303 e. The van der Waals surface area contributed by atoms with E-state index in [9.17, 15) is 78.9 Å². The number of aliphatic hydroxyl groups excluding tert-OH is 7. The molecule has 3 aromatic rings. The maximum Gasteiger partial charge on any atom is 0.303 e. The highest BCUT2D eigenvalue weighted by molar-refractivity contribution is 14.1. The number of likely N-dealkylation sites (N-methyl/N-ethyl adjacent to an activating group) is 3. The Labute approximate surface area is 653 Å². The lowest BCUT2D eigenvalue weighted by atomic mass is 9.87. The minimum atomic E-state index is -1.96. The molecule has 9 amide bonds. The van der Waals surface area contributed by atoms with Crippen LogP contribution in [0.25, 0.3) is 0 Å². The summed E-state index contributed by atoms with van der Waals surface area (Å²) in [4.78, 5) is 166. The van der Waals surface area contributed by atoms with Gasteiger partial charge in [-0.2, -0.15) is 0 Å². The van der Waals surface area contributed by atoms with Gasteiger partial charge in [0.2, 0.25) is 0 Å². The zero-order valence-corrected chi connectivity index (χ0v) is 68.8. The minimum absolute atomic E-state index is 0.0156. The summed E-state index contributed by atoms with van der Waals surface area (Å²) in [7, 11) is 3.90. The summed E-state index contributed by atoms with van der Waals surface area (Å²) in [6, 6.07) is 0. The second-order valence-corrected chi connectivity index (χ2v) is 29.7. The molecule has 0 saturated heterocycles. The molecule has 13 N–H and O–H groups in total. The van der Waals surface area contributed by atoms with Crippen LogP contribution in [0.2, 0.25) is 0 Å². The van der Waals surface area contributed by atoms with Crippen LogP contribution in [0.4, 0.5) is 17.1 Å². The lowest BCUT2D eigenvalue weighted by Crippen LogP contribution is -2.54. The fraction of sp³-hybridized carbons (Fsp3) is 0.434. The minimum Gasteiger partial charge on any atom is -0.456 e. The first-order valence-corrected chi connectivity index (χ1v) is 36.1. The number of carbonyl (C=O) groups is 12. The maximum atomic E-state index is 15.0. The van der Waals surface area contributed by atoms with Gasteiger partial charge in [0.25, 0.3) is 53.2 Å². The number of anilines is 3. The van der Waals surface area contributed by atoms with Crippen LogP contribution in [0, 0.1) is 37.5 Å². The number of carbonyl (C=O) groups excluding carboxylic acids is 12. The molecule has 3 unspecified atom stereocenters.